The van der Waals surface area contributed by atoms with Crippen LogP contribution < -0.4 is 5.73 Å². The predicted molar refractivity (Wildman–Crippen MR) is 72.9 cm³/mol. The molecule has 4 N–H and O–H groups in total. The van der Waals surface area contributed by atoms with Crippen LogP contribution in [0.4, 0.5) is 5.69 Å². The van der Waals surface area contributed by atoms with Crippen molar-refractivity contribution in [1.29, 1.82) is 0 Å². The molecule has 0 aliphatic carbocycles. The van der Waals surface area contributed by atoms with E-state index in [-0.39, 0.29) is 33.9 Å². The summed E-state index contributed by atoms with van der Waals surface area (Å²) >= 11 is 3.01. The highest BCUT2D eigenvalue weighted by molar-refractivity contribution is 9.10. The van der Waals surface area contributed by atoms with Crippen LogP contribution in [-0.4, -0.2) is 21.2 Å². The largest absolute Gasteiger partial charge is 0.506 e. The Morgan fingerprint density at radius 2 is 2.11 bits per heavy atom. The van der Waals surface area contributed by atoms with Crippen molar-refractivity contribution in [3.8, 4) is 5.75 Å². The Kier molecular flexibility index (Phi) is 6.55. The van der Waals surface area contributed by atoms with Gasteiger partial charge in [0.2, 0.25) is 0 Å². The van der Waals surface area contributed by atoms with Crippen LogP contribution in [-0.2, 0) is 0 Å². The molecule has 1 aromatic carbocycles. The molecule has 0 radical (unpaired) electrons. The van der Waals surface area contributed by atoms with E-state index in [0.29, 0.717) is 6.42 Å². The Labute approximate surface area is 118 Å². The number of nitrogens with two attached hydrogens (primary N) is 1. The summed E-state index contributed by atoms with van der Waals surface area (Å²) in [6, 6.07) is 1.49. The molecule has 1 rings (SSSR count). The first-order valence-electron chi connectivity index (χ1n) is 4.98. The summed E-state index contributed by atoms with van der Waals surface area (Å²) in [6.07, 6.45) is -0.476. The van der Waals surface area contributed by atoms with E-state index in [1.807, 2.05) is 0 Å². The van der Waals surface area contributed by atoms with Gasteiger partial charge in [-0.2, -0.15) is 0 Å². The maximum atomic E-state index is 10.7. The van der Waals surface area contributed by atoms with Crippen molar-refractivity contribution < 1.29 is 15.1 Å². The van der Waals surface area contributed by atoms with E-state index in [2.05, 4.69) is 15.9 Å². The standard InChI is InChI=1S/C10H13BrN2O4.ClH/c1-2-8(14)9(12)6-3-5(13(16)17)4-7(11)10(6)15;/h3-4,8-9,14-15H,2,12H2,1H3;1H/t8-,9+;/m0./s1. The number of nitro benzene ring substituents is 1. The van der Waals surface area contributed by atoms with Gasteiger partial charge in [-0.15, -0.1) is 12.4 Å². The lowest BCUT2D eigenvalue weighted by atomic mass is 9.99. The number of aliphatic hydroxyl groups excluding tert-OH is 1. The average Bonchev–Trinajstić information content (AvgIpc) is 2.30. The molecule has 0 saturated carbocycles. The van der Waals surface area contributed by atoms with Gasteiger partial charge >= 0.3 is 0 Å². The fourth-order valence-electron chi connectivity index (χ4n) is 1.43. The monoisotopic (exact) mass is 340 g/mol. The van der Waals surface area contributed by atoms with E-state index in [1.165, 1.54) is 12.1 Å². The third-order valence-corrected chi connectivity index (χ3v) is 3.08. The van der Waals surface area contributed by atoms with Gasteiger partial charge in [-0.05, 0) is 22.4 Å². The Balaban J connectivity index is 0.00000289. The highest BCUT2D eigenvalue weighted by Gasteiger charge is 2.23. The van der Waals surface area contributed by atoms with Crippen molar-refractivity contribution in [2.24, 2.45) is 5.73 Å². The summed E-state index contributed by atoms with van der Waals surface area (Å²) in [5, 5.41) is 30.0. The Morgan fingerprint density at radius 3 is 2.56 bits per heavy atom. The molecule has 6 nitrogen and oxygen atoms in total. The smallest absolute Gasteiger partial charge is 0.271 e. The SMILES string of the molecule is CC[C@H](O)[C@H](N)c1cc([N+](=O)[O-])cc(Br)c1O.Cl. The lowest BCUT2D eigenvalue weighted by molar-refractivity contribution is -0.385. The lowest BCUT2D eigenvalue weighted by Crippen LogP contribution is -2.25. The topological polar surface area (TPSA) is 110 Å². The first kappa shape index (κ1) is 17.1. The summed E-state index contributed by atoms with van der Waals surface area (Å²) in [5.74, 6) is -0.185. The van der Waals surface area contributed by atoms with E-state index >= 15 is 0 Å². The molecule has 0 aliphatic rings. The number of non-ortho nitro benzene ring substituents is 1. The van der Waals surface area contributed by atoms with Gasteiger partial charge < -0.3 is 15.9 Å². The van der Waals surface area contributed by atoms with E-state index in [4.69, 9.17) is 5.73 Å². The summed E-state index contributed by atoms with van der Waals surface area (Å²) in [7, 11) is 0. The average molecular weight is 342 g/mol. The maximum Gasteiger partial charge on any atom is 0.271 e. The first-order valence-corrected chi connectivity index (χ1v) is 5.78. The van der Waals surface area contributed by atoms with Crippen molar-refractivity contribution in [2.75, 3.05) is 0 Å². The molecule has 0 spiro atoms. The molecule has 0 fully saturated rings. The van der Waals surface area contributed by atoms with Gasteiger partial charge in [0.1, 0.15) is 5.75 Å². The Morgan fingerprint density at radius 1 is 1.56 bits per heavy atom. The highest BCUT2D eigenvalue weighted by atomic mass is 79.9. The van der Waals surface area contributed by atoms with Gasteiger partial charge in [-0.3, -0.25) is 10.1 Å². The second-order valence-corrected chi connectivity index (χ2v) is 4.48. The van der Waals surface area contributed by atoms with Crippen molar-refractivity contribution in [3.63, 3.8) is 0 Å². The van der Waals surface area contributed by atoms with Crippen molar-refractivity contribution in [1.82, 2.24) is 0 Å². The number of aromatic hydroxyl groups is 1. The van der Waals surface area contributed by atoms with Crippen LogP contribution in [0.3, 0.4) is 0 Å². The fraction of sp³-hybridized carbons (Fsp3) is 0.400. The fourth-order valence-corrected chi connectivity index (χ4v) is 1.89. The second-order valence-electron chi connectivity index (χ2n) is 3.62. The number of benzene rings is 1. The van der Waals surface area contributed by atoms with Crippen LogP contribution in [0.15, 0.2) is 16.6 Å². The molecule has 18 heavy (non-hydrogen) atoms. The maximum absolute atomic E-state index is 10.7. The zero-order chi connectivity index (χ0) is 13.2. The third-order valence-electron chi connectivity index (χ3n) is 2.48. The lowest BCUT2D eigenvalue weighted by Gasteiger charge is -2.19. The van der Waals surface area contributed by atoms with Gasteiger partial charge in [0.25, 0.3) is 5.69 Å². The van der Waals surface area contributed by atoms with Gasteiger partial charge in [0, 0.05) is 17.7 Å². The Hall–Kier alpha value is -0.890. The molecule has 0 amide bonds. The van der Waals surface area contributed by atoms with Crippen LogP contribution in [0.2, 0.25) is 0 Å². The van der Waals surface area contributed by atoms with Crippen LogP contribution in [0, 0.1) is 10.1 Å². The minimum atomic E-state index is -0.866. The number of phenols is 1. The van der Waals surface area contributed by atoms with E-state index in [1.54, 1.807) is 6.92 Å². The van der Waals surface area contributed by atoms with E-state index < -0.39 is 17.1 Å². The summed E-state index contributed by atoms with van der Waals surface area (Å²) in [5.41, 5.74) is 5.70. The summed E-state index contributed by atoms with van der Waals surface area (Å²) in [6.45, 7) is 1.73. The molecule has 1 aromatic rings. The van der Waals surface area contributed by atoms with Gasteiger partial charge in [-0.1, -0.05) is 6.92 Å². The number of nitro groups is 1. The molecule has 0 bridgehead atoms. The molecule has 0 aromatic heterocycles. The highest BCUT2D eigenvalue weighted by Crippen LogP contribution is 2.36. The number of phenolic OH excluding ortho intramolecular Hbond substituents is 1. The van der Waals surface area contributed by atoms with Gasteiger partial charge in [0.15, 0.2) is 0 Å². The number of rotatable bonds is 4. The second kappa shape index (κ2) is 6.89. The molecule has 0 aliphatic heterocycles. The Bertz CT molecular complexity index is 444. The van der Waals surface area contributed by atoms with E-state index in [0.717, 1.165) is 0 Å². The van der Waals surface area contributed by atoms with Gasteiger partial charge in [0.05, 0.1) is 21.5 Å². The molecule has 2 atom stereocenters. The number of hydrogen-bond donors (Lipinski definition) is 3. The molecule has 0 unspecified atom stereocenters. The first-order chi connectivity index (χ1) is 7.88. The van der Waals surface area contributed by atoms with Crippen LogP contribution in [0.5, 0.6) is 5.75 Å². The van der Waals surface area contributed by atoms with Crippen LogP contribution in [0.25, 0.3) is 0 Å². The van der Waals surface area contributed by atoms with E-state index in [9.17, 15) is 20.3 Å². The zero-order valence-corrected chi connectivity index (χ0v) is 11.9. The summed E-state index contributed by atoms with van der Waals surface area (Å²) < 4.78 is 0.181. The quantitative estimate of drug-likeness (QED) is 0.575. The number of halogens is 2. The third kappa shape index (κ3) is 3.55. The van der Waals surface area contributed by atoms with Gasteiger partial charge in [-0.25, -0.2) is 0 Å². The predicted octanol–water partition coefficient (Wildman–Crippen LogP) is 2.26. The van der Waals surface area contributed by atoms with Crippen molar-refractivity contribution in [3.05, 3.63) is 32.3 Å². The molecule has 102 valence electrons. The summed E-state index contributed by atoms with van der Waals surface area (Å²) in [4.78, 5) is 10.1. The number of nitrogens with zero attached hydrogens (tertiary/aromatic N) is 1. The van der Waals surface area contributed by atoms with Crippen molar-refractivity contribution in [2.45, 2.75) is 25.5 Å². The molecule has 8 heteroatoms. The molecular formula is C10H14BrClN2O4. The molecule has 0 heterocycles. The van der Waals surface area contributed by atoms with Crippen LogP contribution in [0.1, 0.15) is 24.9 Å². The minimum absolute atomic E-state index is 0. The number of hydrogen-bond acceptors (Lipinski definition) is 5. The number of aliphatic hydroxyl groups is 1. The molecule has 0 saturated heterocycles. The van der Waals surface area contributed by atoms with Crippen LogP contribution >= 0.6 is 28.3 Å². The van der Waals surface area contributed by atoms with Crippen molar-refractivity contribution >= 4 is 34.0 Å². The normalized spacial score (nSPS) is 13.6. The minimum Gasteiger partial charge on any atom is -0.506 e. The zero-order valence-electron chi connectivity index (χ0n) is 9.54. The molecular weight excluding hydrogens is 327 g/mol.